The SMILES string of the molecule is CC(C)[C@@H](O)[C@H](C)C(O)c1ccccc1. The number of aliphatic hydroxyl groups is 2. The summed E-state index contributed by atoms with van der Waals surface area (Å²) in [5, 5.41) is 19.9. The first-order valence-corrected chi connectivity index (χ1v) is 5.45. The quantitative estimate of drug-likeness (QED) is 0.797. The van der Waals surface area contributed by atoms with Crippen molar-refractivity contribution in [3.63, 3.8) is 0 Å². The Morgan fingerprint density at radius 2 is 1.47 bits per heavy atom. The molecule has 0 bridgehead atoms. The Bertz CT molecular complexity index is 282. The van der Waals surface area contributed by atoms with Crippen molar-refractivity contribution in [3.05, 3.63) is 35.9 Å². The van der Waals surface area contributed by atoms with Gasteiger partial charge in [-0.15, -0.1) is 0 Å². The van der Waals surface area contributed by atoms with Crippen molar-refractivity contribution >= 4 is 0 Å². The van der Waals surface area contributed by atoms with E-state index in [0.717, 1.165) is 5.56 Å². The van der Waals surface area contributed by atoms with Crippen LogP contribution >= 0.6 is 0 Å². The molecule has 0 fully saturated rings. The van der Waals surface area contributed by atoms with Gasteiger partial charge in [0, 0.05) is 5.92 Å². The fourth-order valence-electron chi connectivity index (χ4n) is 1.75. The number of aliphatic hydroxyl groups excluding tert-OH is 2. The Balaban J connectivity index is 2.73. The highest BCUT2D eigenvalue weighted by Crippen LogP contribution is 2.27. The van der Waals surface area contributed by atoms with Crippen molar-refractivity contribution in [3.8, 4) is 0 Å². The summed E-state index contributed by atoms with van der Waals surface area (Å²) in [7, 11) is 0. The molecular formula is C13H20O2. The van der Waals surface area contributed by atoms with Gasteiger partial charge in [0.15, 0.2) is 0 Å². The zero-order valence-corrected chi connectivity index (χ0v) is 9.59. The van der Waals surface area contributed by atoms with Gasteiger partial charge in [-0.05, 0) is 11.5 Å². The van der Waals surface area contributed by atoms with Crippen molar-refractivity contribution < 1.29 is 10.2 Å². The summed E-state index contributed by atoms with van der Waals surface area (Å²) in [5.74, 6) is 0.0192. The van der Waals surface area contributed by atoms with Crippen LogP contribution in [0.25, 0.3) is 0 Å². The maximum Gasteiger partial charge on any atom is 0.0840 e. The van der Waals surface area contributed by atoms with Crippen LogP contribution in [0, 0.1) is 11.8 Å². The number of hydrogen-bond donors (Lipinski definition) is 2. The monoisotopic (exact) mass is 208 g/mol. The lowest BCUT2D eigenvalue weighted by atomic mass is 9.87. The molecule has 0 amide bonds. The topological polar surface area (TPSA) is 40.5 Å². The molecular weight excluding hydrogens is 188 g/mol. The van der Waals surface area contributed by atoms with Gasteiger partial charge < -0.3 is 10.2 Å². The average Bonchev–Trinajstić information content (AvgIpc) is 2.27. The largest absolute Gasteiger partial charge is 0.392 e. The van der Waals surface area contributed by atoms with E-state index in [-0.39, 0.29) is 11.8 Å². The zero-order valence-electron chi connectivity index (χ0n) is 9.59. The third-order valence-electron chi connectivity index (χ3n) is 2.86. The van der Waals surface area contributed by atoms with E-state index >= 15 is 0 Å². The molecule has 0 radical (unpaired) electrons. The van der Waals surface area contributed by atoms with Crippen LogP contribution in [0.5, 0.6) is 0 Å². The van der Waals surface area contributed by atoms with Gasteiger partial charge in [0.1, 0.15) is 0 Å². The lowest BCUT2D eigenvalue weighted by molar-refractivity contribution is -0.00309. The first-order valence-electron chi connectivity index (χ1n) is 5.45. The molecule has 0 aliphatic heterocycles. The van der Waals surface area contributed by atoms with Crippen molar-refractivity contribution in [2.45, 2.75) is 33.0 Å². The highest BCUT2D eigenvalue weighted by molar-refractivity contribution is 5.18. The highest BCUT2D eigenvalue weighted by Gasteiger charge is 2.25. The fraction of sp³-hybridized carbons (Fsp3) is 0.538. The summed E-state index contributed by atoms with van der Waals surface area (Å²) >= 11 is 0. The van der Waals surface area contributed by atoms with Gasteiger partial charge in [0.2, 0.25) is 0 Å². The molecule has 1 unspecified atom stereocenters. The lowest BCUT2D eigenvalue weighted by Crippen LogP contribution is -2.28. The Morgan fingerprint density at radius 3 is 1.93 bits per heavy atom. The molecule has 2 N–H and O–H groups in total. The summed E-state index contributed by atoms with van der Waals surface area (Å²) in [5.41, 5.74) is 0.865. The van der Waals surface area contributed by atoms with Gasteiger partial charge in [-0.2, -0.15) is 0 Å². The molecule has 2 heteroatoms. The molecule has 3 atom stereocenters. The molecule has 0 heterocycles. The maximum absolute atomic E-state index is 10.0. The molecule has 0 saturated carbocycles. The number of hydrogen-bond acceptors (Lipinski definition) is 2. The molecule has 1 rings (SSSR count). The Morgan fingerprint density at radius 1 is 0.933 bits per heavy atom. The van der Waals surface area contributed by atoms with Gasteiger partial charge >= 0.3 is 0 Å². The smallest absolute Gasteiger partial charge is 0.0840 e. The number of rotatable bonds is 4. The molecule has 2 nitrogen and oxygen atoms in total. The van der Waals surface area contributed by atoms with Crippen LogP contribution in [0.4, 0.5) is 0 Å². The Kier molecular flexibility index (Phi) is 4.30. The molecule has 84 valence electrons. The third-order valence-corrected chi connectivity index (χ3v) is 2.86. The minimum absolute atomic E-state index is 0.146. The van der Waals surface area contributed by atoms with Crippen molar-refractivity contribution in [2.24, 2.45) is 11.8 Å². The summed E-state index contributed by atoms with van der Waals surface area (Å²) in [4.78, 5) is 0. The van der Waals surface area contributed by atoms with Gasteiger partial charge in [0.25, 0.3) is 0 Å². The average molecular weight is 208 g/mol. The summed E-state index contributed by atoms with van der Waals surface area (Å²) in [6.07, 6.45) is -1.07. The first-order chi connectivity index (χ1) is 7.04. The van der Waals surface area contributed by atoms with E-state index in [1.807, 2.05) is 51.1 Å². The van der Waals surface area contributed by atoms with Crippen molar-refractivity contribution in [2.75, 3.05) is 0 Å². The minimum atomic E-state index is -0.594. The van der Waals surface area contributed by atoms with Crippen LogP contribution < -0.4 is 0 Å². The summed E-state index contributed by atoms with van der Waals surface area (Å²) in [6, 6.07) is 9.47. The van der Waals surface area contributed by atoms with Crippen molar-refractivity contribution in [1.82, 2.24) is 0 Å². The fourth-order valence-corrected chi connectivity index (χ4v) is 1.75. The van der Waals surface area contributed by atoms with E-state index < -0.39 is 12.2 Å². The van der Waals surface area contributed by atoms with Gasteiger partial charge in [-0.25, -0.2) is 0 Å². The Labute approximate surface area is 91.6 Å². The highest BCUT2D eigenvalue weighted by atomic mass is 16.3. The van der Waals surface area contributed by atoms with Crippen LogP contribution in [0.2, 0.25) is 0 Å². The summed E-state index contributed by atoms with van der Waals surface area (Å²) < 4.78 is 0. The van der Waals surface area contributed by atoms with Crippen LogP contribution in [-0.2, 0) is 0 Å². The molecule has 0 aliphatic rings. The van der Waals surface area contributed by atoms with E-state index in [1.165, 1.54) is 0 Å². The third kappa shape index (κ3) is 3.05. The van der Waals surface area contributed by atoms with Gasteiger partial charge in [0.05, 0.1) is 12.2 Å². The second kappa shape index (κ2) is 5.29. The van der Waals surface area contributed by atoms with Gasteiger partial charge in [-0.1, -0.05) is 51.1 Å². The molecule has 1 aromatic carbocycles. The van der Waals surface area contributed by atoms with E-state index in [4.69, 9.17) is 0 Å². The molecule has 0 aliphatic carbocycles. The molecule has 0 aromatic heterocycles. The second-order valence-corrected chi connectivity index (χ2v) is 4.45. The molecule has 0 spiro atoms. The predicted octanol–water partition coefficient (Wildman–Crippen LogP) is 2.37. The number of benzene rings is 1. The van der Waals surface area contributed by atoms with Crippen molar-refractivity contribution in [1.29, 1.82) is 0 Å². The van der Waals surface area contributed by atoms with Gasteiger partial charge in [-0.3, -0.25) is 0 Å². The Hall–Kier alpha value is -0.860. The van der Waals surface area contributed by atoms with E-state index in [0.29, 0.717) is 0 Å². The molecule has 0 saturated heterocycles. The standard InChI is InChI=1S/C13H20O2/c1-9(2)12(14)10(3)13(15)11-7-5-4-6-8-11/h4-10,12-15H,1-3H3/t10-,12+,13?/m0/s1. The van der Waals surface area contributed by atoms with E-state index in [9.17, 15) is 10.2 Å². The predicted molar refractivity (Wildman–Crippen MR) is 61.4 cm³/mol. The van der Waals surface area contributed by atoms with Crippen LogP contribution in [0.3, 0.4) is 0 Å². The summed E-state index contributed by atoms with van der Waals surface area (Å²) in [6.45, 7) is 5.79. The van der Waals surface area contributed by atoms with Crippen LogP contribution in [0.1, 0.15) is 32.4 Å². The minimum Gasteiger partial charge on any atom is -0.392 e. The first kappa shape index (κ1) is 12.2. The normalized spacial score (nSPS) is 17.5. The molecule has 1 aromatic rings. The second-order valence-electron chi connectivity index (χ2n) is 4.45. The van der Waals surface area contributed by atoms with E-state index in [2.05, 4.69) is 0 Å². The van der Waals surface area contributed by atoms with Crippen LogP contribution in [0.15, 0.2) is 30.3 Å². The maximum atomic E-state index is 10.0. The van der Waals surface area contributed by atoms with E-state index in [1.54, 1.807) is 0 Å². The molecule has 15 heavy (non-hydrogen) atoms. The van der Waals surface area contributed by atoms with Crippen LogP contribution in [-0.4, -0.2) is 16.3 Å². The lowest BCUT2D eigenvalue weighted by Gasteiger charge is -2.26. The zero-order chi connectivity index (χ0) is 11.4.